The SMILES string of the molecule is C[Si](C)(C)OC1COCC(O[Si](C)(C)C)C(O[Si](C)(C)C)C1O[Si](C)(C)C. The van der Waals surface area contributed by atoms with Crippen LogP contribution in [0.1, 0.15) is 0 Å². The second-order valence-electron chi connectivity index (χ2n) is 11.5. The van der Waals surface area contributed by atoms with Crippen molar-refractivity contribution in [1.82, 2.24) is 0 Å². The van der Waals surface area contributed by atoms with Crippen LogP contribution >= 0.6 is 0 Å². The summed E-state index contributed by atoms with van der Waals surface area (Å²) in [6.45, 7) is 27.7. The molecule has 162 valence electrons. The van der Waals surface area contributed by atoms with E-state index in [9.17, 15) is 0 Å². The minimum Gasteiger partial charge on any atom is -0.410 e. The molecule has 0 N–H and O–H groups in total. The van der Waals surface area contributed by atoms with Crippen LogP contribution in [0.15, 0.2) is 0 Å². The molecule has 1 aliphatic rings. The van der Waals surface area contributed by atoms with E-state index in [1.165, 1.54) is 0 Å². The molecule has 0 aromatic carbocycles. The smallest absolute Gasteiger partial charge is 0.184 e. The van der Waals surface area contributed by atoms with Crippen molar-refractivity contribution in [3.8, 4) is 0 Å². The Morgan fingerprint density at radius 3 is 0.963 bits per heavy atom. The Morgan fingerprint density at radius 2 is 0.741 bits per heavy atom. The summed E-state index contributed by atoms with van der Waals surface area (Å²) in [4.78, 5) is 0. The topological polar surface area (TPSA) is 46.2 Å². The van der Waals surface area contributed by atoms with Gasteiger partial charge in [0.05, 0.1) is 37.6 Å². The van der Waals surface area contributed by atoms with Crippen molar-refractivity contribution in [2.45, 2.75) is 103 Å². The van der Waals surface area contributed by atoms with Gasteiger partial charge in [-0.2, -0.15) is 0 Å². The van der Waals surface area contributed by atoms with Crippen molar-refractivity contribution in [2.75, 3.05) is 13.2 Å². The number of ether oxygens (including phenoxy) is 1. The minimum atomic E-state index is -1.82. The van der Waals surface area contributed by atoms with Crippen LogP contribution in [-0.4, -0.2) is 70.9 Å². The van der Waals surface area contributed by atoms with E-state index in [2.05, 4.69) is 78.6 Å². The first-order chi connectivity index (χ1) is 11.9. The van der Waals surface area contributed by atoms with Gasteiger partial charge >= 0.3 is 0 Å². The average Bonchev–Trinajstić information content (AvgIpc) is 2.46. The van der Waals surface area contributed by atoms with Crippen LogP contribution in [0, 0.1) is 0 Å². The Labute approximate surface area is 172 Å². The third kappa shape index (κ3) is 10.9. The Balaban J connectivity index is 3.31. The van der Waals surface area contributed by atoms with Crippen molar-refractivity contribution in [2.24, 2.45) is 0 Å². The van der Waals surface area contributed by atoms with E-state index in [4.69, 9.17) is 22.4 Å². The Hall–Kier alpha value is 0.668. The number of rotatable bonds is 8. The largest absolute Gasteiger partial charge is 0.410 e. The molecule has 0 radical (unpaired) electrons. The van der Waals surface area contributed by atoms with Crippen LogP contribution in [-0.2, 0) is 22.4 Å². The van der Waals surface area contributed by atoms with Gasteiger partial charge in [-0.1, -0.05) is 0 Å². The Bertz CT molecular complexity index is 420. The predicted molar refractivity (Wildman–Crippen MR) is 124 cm³/mol. The van der Waals surface area contributed by atoms with E-state index in [1.807, 2.05) is 0 Å². The van der Waals surface area contributed by atoms with E-state index in [-0.39, 0.29) is 24.4 Å². The molecule has 0 amide bonds. The molecule has 1 fully saturated rings. The molecule has 0 bridgehead atoms. The highest BCUT2D eigenvalue weighted by Crippen LogP contribution is 2.30. The maximum atomic E-state index is 6.71. The molecule has 27 heavy (non-hydrogen) atoms. The minimum absolute atomic E-state index is 0.111. The fraction of sp³-hybridized carbons (Fsp3) is 1.00. The zero-order valence-electron chi connectivity index (χ0n) is 19.8. The molecule has 1 rings (SSSR count). The number of hydrogen-bond donors (Lipinski definition) is 0. The molecule has 1 saturated heterocycles. The second-order valence-corrected chi connectivity index (χ2v) is 29.3. The molecule has 0 aliphatic carbocycles. The summed E-state index contributed by atoms with van der Waals surface area (Å²) in [5.74, 6) is 0. The van der Waals surface area contributed by atoms with Gasteiger partial charge in [0, 0.05) is 0 Å². The van der Waals surface area contributed by atoms with Gasteiger partial charge in [-0.15, -0.1) is 0 Å². The summed E-state index contributed by atoms with van der Waals surface area (Å²) < 4.78 is 32.6. The molecular formula is C18H44O5Si4. The molecule has 4 atom stereocenters. The van der Waals surface area contributed by atoms with Crippen LogP contribution in [0.4, 0.5) is 0 Å². The lowest BCUT2D eigenvalue weighted by Crippen LogP contribution is -2.57. The van der Waals surface area contributed by atoms with Gasteiger partial charge in [-0.25, -0.2) is 0 Å². The van der Waals surface area contributed by atoms with Gasteiger partial charge in [0.1, 0.15) is 0 Å². The van der Waals surface area contributed by atoms with Gasteiger partial charge < -0.3 is 22.4 Å². The Kier molecular flexibility index (Phi) is 8.77. The van der Waals surface area contributed by atoms with Crippen LogP contribution < -0.4 is 0 Å². The van der Waals surface area contributed by atoms with Crippen LogP contribution in [0.3, 0.4) is 0 Å². The molecule has 0 saturated carbocycles. The molecule has 5 nitrogen and oxygen atoms in total. The quantitative estimate of drug-likeness (QED) is 0.490. The van der Waals surface area contributed by atoms with Crippen molar-refractivity contribution in [1.29, 1.82) is 0 Å². The second kappa shape index (κ2) is 9.21. The first-order valence-corrected chi connectivity index (χ1v) is 23.8. The summed E-state index contributed by atoms with van der Waals surface area (Å²) in [5, 5.41) is 0. The van der Waals surface area contributed by atoms with Gasteiger partial charge in [0.25, 0.3) is 0 Å². The lowest BCUT2D eigenvalue weighted by Gasteiger charge is -2.43. The van der Waals surface area contributed by atoms with Crippen LogP contribution in [0.25, 0.3) is 0 Å². The highest BCUT2D eigenvalue weighted by atomic mass is 28.4. The highest BCUT2D eigenvalue weighted by molar-refractivity contribution is 6.71. The average molecular weight is 453 g/mol. The fourth-order valence-corrected chi connectivity index (χ4v) is 7.55. The molecular weight excluding hydrogens is 409 g/mol. The van der Waals surface area contributed by atoms with Crippen molar-refractivity contribution < 1.29 is 22.4 Å². The zero-order chi connectivity index (χ0) is 21.3. The molecule has 1 heterocycles. The summed E-state index contributed by atoms with van der Waals surface area (Å²) in [6.07, 6.45) is -0.530. The molecule has 0 aromatic heterocycles. The molecule has 0 aromatic rings. The normalized spacial score (nSPS) is 28.9. The third-order valence-corrected chi connectivity index (χ3v) is 7.59. The standard InChI is InChI=1S/C18H44O5Si4/c1-24(2,3)20-15-13-19-14-16(21-25(4,5)6)18(23-27(10,11)12)17(15)22-26(7,8)9/h15-18H,13-14H2,1-12H3. The maximum absolute atomic E-state index is 6.71. The summed E-state index contributed by atoms with van der Waals surface area (Å²) in [7, 11) is -7.16. The third-order valence-electron chi connectivity index (χ3n) is 3.61. The van der Waals surface area contributed by atoms with E-state index in [0.717, 1.165) is 0 Å². The lowest BCUT2D eigenvalue weighted by atomic mass is 10.1. The summed E-state index contributed by atoms with van der Waals surface area (Å²) in [6, 6.07) is 0. The predicted octanol–water partition coefficient (Wildman–Crippen LogP) is 4.90. The van der Waals surface area contributed by atoms with Crippen molar-refractivity contribution in [3.63, 3.8) is 0 Å². The first-order valence-electron chi connectivity index (χ1n) is 10.2. The van der Waals surface area contributed by atoms with Crippen molar-refractivity contribution in [3.05, 3.63) is 0 Å². The van der Waals surface area contributed by atoms with E-state index in [1.54, 1.807) is 0 Å². The summed E-state index contributed by atoms with van der Waals surface area (Å²) >= 11 is 0. The fourth-order valence-electron chi connectivity index (χ4n) is 3.13. The molecule has 9 heteroatoms. The van der Waals surface area contributed by atoms with Crippen LogP contribution in [0.2, 0.25) is 78.6 Å². The van der Waals surface area contributed by atoms with Gasteiger partial charge in [-0.05, 0) is 78.6 Å². The zero-order valence-corrected chi connectivity index (χ0v) is 23.8. The monoisotopic (exact) mass is 452 g/mol. The van der Waals surface area contributed by atoms with Crippen molar-refractivity contribution >= 4 is 33.3 Å². The molecule has 1 aliphatic heterocycles. The summed E-state index contributed by atoms with van der Waals surface area (Å²) in [5.41, 5.74) is 0. The van der Waals surface area contributed by atoms with E-state index >= 15 is 0 Å². The first kappa shape index (κ1) is 25.7. The maximum Gasteiger partial charge on any atom is 0.184 e. The van der Waals surface area contributed by atoms with Crippen LogP contribution in [0.5, 0.6) is 0 Å². The van der Waals surface area contributed by atoms with E-state index < -0.39 is 33.3 Å². The highest BCUT2D eigenvalue weighted by Gasteiger charge is 2.46. The Morgan fingerprint density at radius 1 is 0.481 bits per heavy atom. The lowest BCUT2D eigenvalue weighted by molar-refractivity contribution is -0.0629. The molecule has 4 unspecified atom stereocenters. The molecule has 0 spiro atoms. The van der Waals surface area contributed by atoms with Gasteiger partial charge in [-0.3, -0.25) is 0 Å². The van der Waals surface area contributed by atoms with E-state index in [0.29, 0.717) is 13.2 Å². The van der Waals surface area contributed by atoms with Gasteiger partial charge in [0.2, 0.25) is 0 Å². The van der Waals surface area contributed by atoms with Gasteiger partial charge in [0.15, 0.2) is 33.3 Å². The number of hydrogen-bond acceptors (Lipinski definition) is 5.